The first-order valence-electron chi connectivity index (χ1n) is 5.78. The maximum Gasteiger partial charge on any atom is 0.326 e. The highest BCUT2D eigenvalue weighted by molar-refractivity contribution is 6.30. The van der Waals surface area contributed by atoms with Crippen molar-refractivity contribution in [1.82, 2.24) is 9.80 Å². The van der Waals surface area contributed by atoms with E-state index in [1.54, 1.807) is 25.2 Å². The maximum absolute atomic E-state index is 12.0. The van der Waals surface area contributed by atoms with Crippen LogP contribution in [0.15, 0.2) is 24.3 Å². The third kappa shape index (κ3) is 4.13. The third-order valence-electron chi connectivity index (χ3n) is 2.88. The van der Waals surface area contributed by atoms with E-state index in [4.69, 9.17) is 16.7 Å². The van der Waals surface area contributed by atoms with Gasteiger partial charge < -0.3 is 14.9 Å². The lowest BCUT2D eigenvalue weighted by atomic mass is 10.2. The van der Waals surface area contributed by atoms with Gasteiger partial charge in [0, 0.05) is 25.7 Å². The van der Waals surface area contributed by atoms with E-state index in [2.05, 4.69) is 0 Å². The summed E-state index contributed by atoms with van der Waals surface area (Å²) < 4.78 is 0. The summed E-state index contributed by atoms with van der Waals surface area (Å²) in [5, 5.41) is 9.48. The van der Waals surface area contributed by atoms with Crippen LogP contribution in [0.4, 0.5) is 4.79 Å². The van der Waals surface area contributed by atoms with E-state index in [1.165, 1.54) is 23.8 Å². The predicted octanol–water partition coefficient (Wildman–Crippen LogP) is 2.30. The van der Waals surface area contributed by atoms with Gasteiger partial charge in [0.05, 0.1) is 0 Å². The van der Waals surface area contributed by atoms with E-state index in [1.807, 2.05) is 6.07 Å². The van der Waals surface area contributed by atoms with Crippen molar-refractivity contribution in [2.45, 2.75) is 19.5 Å². The second kappa shape index (κ2) is 6.43. The average Bonchev–Trinajstić information content (AvgIpc) is 2.35. The first-order chi connectivity index (χ1) is 8.82. The predicted molar refractivity (Wildman–Crippen MR) is 73.2 cm³/mol. The molecule has 0 aliphatic rings. The highest BCUT2D eigenvalue weighted by atomic mass is 35.5. The molecule has 2 amide bonds. The van der Waals surface area contributed by atoms with Crippen molar-refractivity contribution < 1.29 is 14.7 Å². The number of urea groups is 1. The zero-order valence-corrected chi connectivity index (χ0v) is 11.9. The molecule has 0 aliphatic heterocycles. The van der Waals surface area contributed by atoms with Crippen LogP contribution >= 0.6 is 11.6 Å². The molecule has 1 aromatic carbocycles. The topological polar surface area (TPSA) is 60.9 Å². The molecule has 0 spiro atoms. The normalized spacial score (nSPS) is 11.8. The molecule has 1 unspecified atom stereocenters. The van der Waals surface area contributed by atoms with Crippen molar-refractivity contribution in [2.75, 3.05) is 14.1 Å². The Morgan fingerprint density at radius 1 is 1.37 bits per heavy atom. The number of nitrogens with zero attached hydrogens (tertiary/aromatic N) is 2. The number of rotatable bonds is 4. The van der Waals surface area contributed by atoms with Gasteiger partial charge in [0.1, 0.15) is 6.04 Å². The number of benzene rings is 1. The minimum atomic E-state index is -1.04. The Labute approximate surface area is 117 Å². The van der Waals surface area contributed by atoms with E-state index in [0.29, 0.717) is 11.6 Å². The van der Waals surface area contributed by atoms with Gasteiger partial charge in [0.25, 0.3) is 0 Å². The quantitative estimate of drug-likeness (QED) is 0.923. The van der Waals surface area contributed by atoms with Crippen molar-refractivity contribution >= 4 is 23.6 Å². The SMILES string of the molecule is CC(C(=O)O)N(C)C(=O)N(C)Cc1cccc(Cl)c1. The molecule has 104 valence electrons. The van der Waals surface area contributed by atoms with E-state index in [-0.39, 0.29) is 6.03 Å². The second-order valence-corrected chi connectivity index (χ2v) is 4.83. The van der Waals surface area contributed by atoms with E-state index < -0.39 is 12.0 Å². The van der Waals surface area contributed by atoms with Crippen molar-refractivity contribution in [2.24, 2.45) is 0 Å². The summed E-state index contributed by atoms with van der Waals surface area (Å²) in [4.78, 5) is 25.5. The van der Waals surface area contributed by atoms with Gasteiger partial charge in [0.2, 0.25) is 0 Å². The number of likely N-dealkylation sites (N-methyl/N-ethyl adjacent to an activating group) is 1. The van der Waals surface area contributed by atoms with Crippen molar-refractivity contribution in [1.29, 1.82) is 0 Å². The average molecular weight is 285 g/mol. The molecule has 5 nitrogen and oxygen atoms in total. The number of amides is 2. The summed E-state index contributed by atoms with van der Waals surface area (Å²) >= 11 is 5.87. The van der Waals surface area contributed by atoms with Crippen LogP contribution in [-0.4, -0.2) is 47.0 Å². The monoisotopic (exact) mass is 284 g/mol. The van der Waals surface area contributed by atoms with E-state index in [0.717, 1.165) is 5.56 Å². The largest absolute Gasteiger partial charge is 0.480 e. The lowest BCUT2D eigenvalue weighted by Crippen LogP contribution is -2.46. The standard InChI is InChI=1S/C13H17ClN2O3/c1-9(12(17)18)16(3)13(19)15(2)8-10-5-4-6-11(14)7-10/h4-7,9H,8H2,1-3H3,(H,17,18). The van der Waals surface area contributed by atoms with Crippen LogP contribution in [0.3, 0.4) is 0 Å². The summed E-state index contributed by atoms with van der Waals surface area (Å²) in [6.07, 6.45) is 0. The van der Waals surface area contributed by atoms with Gasteiger partial charge in [-0.3, -0.25) is 0 Å². The molecule has 0 radical (unpaired) electrons. The molecule has 0 saturated carbocycles. The number of hydrogen-bond acceptors (Lipinski definition) is 2. The molecule has 0 bridgehead atoms. The second-order valence-electron chi connectivity index (χ2n) is 4.39. The third-order valence-corrected chi connectivity index (χ3v) is 3.11. The number of carboxylic acids is 1. The van der Waals surface area contributed by atoms with Crippen LogP contribution in [0.5, 0.6) is 0 Å². The van der Waals surface area contributed by atoms with Crippen molar-refractivity contribution in [3.63, 3.8) is 0 Å². The van der Waals surface area contributed by atoms with E-state index in [9.17, 15) is 9.59 Å². The summed E-state index contributed by atoms with van der Waals surface area (Å²) in [5.74, 6) is -1.04. The number of carbonyl (C=O) groups excluding carboxylic acids is 1. The molecule has 1 N–H and O–H groups in total. The van der Waals surface area contributed by atoms with Gasteiger partial charge in [-0.05, 0) is 24.6 Å². The number of carbonyl (C=O) groups is 2. The smallest absolute Gasteiger partial charge is 0.326 e. The fraction of sp³-hybridized carbons (Fsp3) is 0.385. The Balaban J connectivity index is 2.70. The molecule has 19 heavy (non-hydrogen) atoms. The van der Waals surface area contributed by atoms with Crippen LogP contribution < -0.4 is 0 Å². The molecule has 0 aliphatic carbocycles. The van der Waals surface area contributed by atoms with Gasteiger partial charge >= 0.3 is 12.0 Å². The Morgan fingerprint density at radius 3 is 2.53 bits per heavy atom. The number of halogens is 1. The Morgan fingerprint density at radius 2 is 2.00 bits per heavy atom. The van der Waals surface area contributed by atoms with Crippen LogP contribution in [0, 0.1) is 0 Å². The zero-order chi connectivity index (χ0) is 14.6. The molecule has 1 atom stereocenters. The molecular formula is C13H17ClN2O3. The van der Waals surface area contributed by atoms with Crippen molar-refractivity contribution in [3.8, 4) is 0 Å². The molecule has 6 heteroatoms. The molecule has 1 rings (SSSR count). The van der Waals surface area contributed by atoms with E-state index >= 15 is 0 Å². The van der Waals surface area contributed by atoms with Gasteiger partial charge in [-0.25, -0.2) is 9.59 Å². The van der Waals surface area contributed by atoms with Crippen LogP contribution in [0.1, 0.15) is 12.5 Å². The minimum Gasteiger partial charge on any atom is -0.480 e. The molecule has 0 heterocycles. The molecular weight excluding hydrogens is 268 g/mol. The lowest BCUT2D eigenvalue weighted by Gasteiger charge is -2.27. The summed E-state index contributed by atoms with van der Waals surface area (Å²) in [5.41, 5.74) is 0.889. The number of aliphatic carboxylic acids is 1. The highest BCUT2D eigenvalue weighted by Gasteiger charge is 2.24. The molecule has 0 fully saturated rings. The van der Waals surface area contributed by atoms with Crippen LogP contribution in [-0.2, 0) is 11.3 Å². The number of hydrogen-bond donors (Lipinski definition) is 1. The lowest BCUT2D eigenvalue weighted by molar-refractivity contribution is -0.141. The summed E-state index contributed by atoms with van der Waals surface area (Å²) in [6, 6.07) is 5.97. The fourth-order valence-electron chi connectivity index (χ4n) is 1.58. The zero-order valence-electron chi connectivity index (χ0n) is 11.1. The first kappa shape index (κ1) is 15.3. The summed E-state index contributed by atoms with van der Waals surface area (Å²) in [6.45, 7) is 1.84. The fourth-order valence-corrected chi connectivity index (χ4v) is 1.79. The van der Waals surface area contributed by atoms with Gasteiger partial charge in [-0.1, -0.05) is 23.7 Å². The maximum atomic E-state index is 12.0. The van der Waals surface area contributed by atoms with Crippen molar-refractivity contribution in [3.05, 3.63) is 34.9 Å². The van der Waals surface area contributed by atoms with Crippen LogP contribution in [0.25, 0.3) is 0 Å². The number of carboxylic acid groups (broad SMARTS) is 1. The van der Waals surface area contributed by atoms with Gasteiger partial charge in [-0.2, -0.15) is 0 Å². The highest BCUT2D eigenvalue weighted by Crippen LogP contribution is 2.13. The summed E-state index contributed by atoms with van der Waals surface area (Å²) in [7, 11) is 3.09. The van der Waals surface area contributed by atoms with Gasteiger partial charge in [-0.15, -0.1) is 0 Å². The van der Waals surface area contributed by atoms with Crippen LogP contribution in [0.2, 0.25) is 5.02 Å². The Kier molecular flexibility index (Phi) is 5.18. The minimum absolute atomic E-state index is 0.352. The Hall–Kier alpha value is -1.75. The molecule has 0 saturated heterocycles. The van der Waals surface area contributed by atoms with Gasteiger partial charge in [0.15, 0.2) is 0 Å². The molecule has 1 aromatic rings. The first-order valence-corrected chi connectivity index (χ1v) is 6.16. The Bertz CT molecular complexity index is 479. The molecule has 0 aromatic heterocycles.